The molecule has 0 bridgehead atoms. The second-order valence-electron chi connectivity index (χ2n) is 9.80. The topological polar surface area (TPSA) is 83.9 Å². The Balaban J connectivity index is 1.39. The quantitative estimate of drug-likeness (QED) is 0.817. The molecule has 0 spiro atoms. The van der Waals surface area contributed by atoms with Gasteiger partial charge in [-0.3, -0.25) is 19.1 Å². The third-order valence-corrected chi connectivity index (χ3v) is 6.23. The summed E-state index contributed by atoms with van der Waals surface area (Å²) in [4.78, 5) is 41.4. The minimum atomic E-state index is -0.503. The molecule has 0 aliphatic carbocycles. The van der Waals surface area contributed by atoms with Crippen molar-refractivity contribution in [3.8, 4) is 0 Å². The molecule has 2 amide bonds. The maximum atomic E-state index is 12.6. The summed E-state index contributed by atoms with van der Waals surface area (Å²) in [6.07, 6.45) is 1.81. The van der Waals surface area contributed by atoms with Crippen LogP contribution in [0.15, 0.2) is 16.9 Å². The fraction of sp³-hybridized carbons (Fsp3) is 0.682. The lowest BCUT2D eigenvalue weighted by Gasteiger charge is -2.34. The molecule has 164 valence electrons. The van der Waals surface area contributed by atoms with Gasteiger partial charge in [0, 0.05) is 44.7 Å². The minimum absolute atomic E-state index is 0.0305. The van der Waals surface area contributed by atoms with Crippen molar-refractivity contribution in [3.05, 3.63) is 28.0 Å². The van der Waals surface area contributed by atoms with Crippen LogP contribution in [0, 0.1) is 0 Å². The van der Waals surface area contributed by atoms with Crippen LogP contribution < -0.4 is 15.8 Å². The van der Waals surface area contributed by atoms with E-state index in [0.29, 0.717) is 13.0 Å². The summed E-state index contributed by atoms with van der Waals surface area (Å²) in [6.45, 7) is 10.6. The summed E-state index contributed by atoms with van der Waals surface area (Å²) in [7, 11) is 0. The number of aromatic nitrogens is 1. The number of piperidine rings is 1. The number of anilines is 1. The van der Waals surface area contributed by atoms with Crippen molar-refractivity contribution >= 4 is 17.8 Å². The molecule has 0 aromatic carbocycles. The highest BCUT2D eigenvalue weighted by atomic mass is 16.6. The first kappa shape index (κ1) is 20.9. The molecule has 4 heterocycles. The van der Waals surface area contributed by atoms with E-state index in [-0.39, 0.29) is 35.6 Å². The van der Waals surface area contributed by atoms with E-state index in [0.717, 1.165) is 43.9 Å². The Morgan fingerprint density at radius 3 is 2.57 bits per heavy atom. The number of hydrogen-bond acceptors (Lipinski definition) is 5. The van der Waals surface area contributed by atoms with Gasteiger partial charge in [-0.05, 0) is 51.2 Å². The number of rotatable bonds is 3. The van der Waals surface area contributed by atoms with Crippen LogP contribution in [0.2, 0.25) is 0 Å². The predicted molar refractivity (Wildman–Crippen MR) is 114 cm³/mol. The molecule has 3 aliphatic rings. The van der Waals surface area contributed by atoms with Gasteiger partial charge in [0.05, 0.1) is 6.04 Å². The Hall–Kier alpha value is -2.35. The van der Waals surface area contributed by atoms with Crippen molar-refractivity contribution in [2.75, 3.05) is 31.1 Å². The van der Waals surface area contributed by atoms with E-state index in [9.17, 15) is 14.4 Å². The van der Waals surface area contributed by atoms with E-state index in [1.54, 1.807) is 11.0 Å². The Kier molecular flexibility index (Phi) is 5.38. The smallest absolute Gasteiger partial charge is 0.407 e. The molecule has 0 saturated carbocycles. The number of ether oxygens (including phenoxy) is 1. The molecule has 1 aromatic heterocycles. The van der Waals surface area contributed by atoms with Crippen molar-refractivity contribution in [1.82, 2.24) is 14.8 Å². The summed E-state index contributed by atoms with van der Waals surface area (Å²) in [6, 6.07) is 3.59. The number of likely N-dealkylation sites (tertiary alicyclic amines) is 1. The first-order valence-corrected chi connectivity index (χ1v) is 10.9. The van der Waals surface area contributed by atoms with Crippen LogP contribution in [0.4, 0.5) is 10.6 Å². The van der Waals surface area contributed by atoms with E-state index < -0.39 is 5.60 Å². The summed E-state index contributed by atoms with van der Waals surface area (Å²) in [5.41, 5.74) is 0.554. The number of amides is 2. The number of alkyl carbamates (subject to hydrolysis) is 1. The second-order valence-corrected chi connectivity index (χ2v) is 9.80. The lowest BCUT2D eigenvalue weighted by atomic mass is 9.94. The molecule has 8 heteroatoms. The lowest BCUT2D eigenvalue weighted by molar-refractivity contribution is -0.119. The van der Waals surface area contributed by atoms with Gasteiger partial charge >= 0.3 is 6.09 Å². The predicted octanol–water partition coefficient (Wildman–Crippen LogP) is 2.23. The van der Waals surface area contributed by atoms with Gasteiger partial charge in [-0.1, -0.05) is 6.92 Å². The molecule has 4 rings (SSSR count). The maximum Gasteiger partial charge on any atom is 0.407 e. The number of carbonyl (C=O) groups is 2. The Labute approximate surface area is 177 Å². The van der Waals surface area contributed by atoms with Gasteiger partial charge < -0.3 is 15.0 Å². The van der Waals surface area contributed by atoms with Gasteiger partial charge in [0.2, 0.25) is 5.91 Å². The molecule has 30 heavy (non-hydrogen) atoms. The van der Waals surface area contributed by atoms with Crippen LogP contribution in [0.5, 0.6) is 0 Å². The van der Waals surface area contributed by atoms with E-state index in [1.807, 2.05) is 38.3 Å². The van der Waals surface area contributed by atoms with E-state index >= 15 is 0 Å². The summed E-state index contributed by atoms with van der Waals surface area (Å²) >= 11 is 0. The Morgan fingerprint density at radius 1 is 1.20 bits per heavy atom. The molecule has 0 radical (unpaired) electrons. The van der Waals surface area contributed by atoms with Gasteiger partial charge in [-0.25, -0.2) is 4.79 Å². The average Bonchev–Trinajstić information content (AvgIpc) is 3.02. The molecule has 1 fully saturated rings. The molecule has 8 nitrogen and oxygen atoms in total. The van der Waals surface area contributed by atoms with Crippen molar-refractivity contribution in [3.63, 3.8) is 0 Å². The largest absolute Gasteiger partial charge is 0.444 e. The first-order valence-electron chi connectivity index (χ1n) is 10.9. The van der Waals surface area contributed by atoms with Crippen LogP contribution >= 0.6 is 0 Å². The van der Waals surface area contributed by atoms with Crippen molar-refractivity contribution < 1.29 is 14.3 Å². The van der Waals surface area contributed by atoms with Crippen LogP contribution in [-0.4, -0.2) is 59.3 Å². The monoisotopic (exact) mass is 416 g/mol. The molecule has 1 N–H and O–H groups in total. The van der Waals surface area contributed by atoms with Gasteiger partial charge in [-0.2, -0.15) is 0 Å². The minimum Gasteiger partial charge on any atom is -0.444 e. The number of hydrogen-bond donors (Lipinski definition) is 1. The molecule has 1 unspecified atom stereocenters. The third-order valence-electron chi connectivity index (χ3n) is 6.23. The highest BCUT2D eigenvalue weighted by Crippen LogP contribution is 2.40. The molecule has 2 atom stereocenters. The SMILES string of the molecule is CC1CC(=O)N2C[C@@H](CN3CCC(NC(=O)OC(C)(C)C)CC3)n3c2c1ccc3=O. The number of nitrogens with one attached hydrogen (secondary N) is 1. The summed E-state index contributed by atoms with van der Waals surface area (Å²) < 4.78 is 7.18. The van der Waals surface area contributed by atoms with Crippen molar-refractivity contribution in [2.45, 2.75) is 70.6 Å². The van der Waals surface area contributed by atoms with Gasteiger partial charge in [0.25, 0.3) is 5.56 Å². The number of carbonyl (C=O) groups excluding carboxylic acids is 2. The Morgan fingerprint density at radius 2 is 1.90 bits per heavy atom. The van der Waals surface area contributed by atoms with Crippen LogP contribution in [-0.2, 0) is 9.53 Å². The normalized spacial score (nSPS) is 24.7. The zero-order valence-electron chi connectivity index (χ0n) is 18.3. The number of nitrogens with zero attached hydrogens (tertiary/aromatic N) is 3. The van der Waals surface area contributed by atoms with Crippen LogP contribution in [0.3, 0.4) is 0 Å². The fourth-order valence-electron chi connectivity index (χ4n) is 4.84. The lowest BCUT2D eigenvalue weighted by Crippen LogP contribution is -2.47. The molecular weight excluding hydrogens is 384 g/mol. The second kappa shape index (κ2) is 7.72. The first-order chi connectivity index (χ1) is 14.1. The van der Waals surface area contributed by atoms with Crippen molar-refractivity contribution in [2.24, 2.45) is 0 Å². The van der Waals surface area contributed by atoms with E-state index in [2.05, 4.69) is 10.2 Å². The highest BCUT2D eigenvalue weighted by molar-refractivity contribution is 5.97. The van der Waals surface area contributed by atoms with Crippen LogP contribution in [0.25, 0.3) is 0 Å². The standard InChI is InChI=1S/C22H32N4O4/c1-14-11-19(28)25-13-16(26-18(27)6-5-17(14)20(25)26)12-24-9-7-15(8-10-24)23-21(29)30-22(2,3)4/h5-6,14-16H,7-13H2,1-4H3,(H,23,29)/t14?,16-/m1/s1. The molecule has 1 saturated heterocycles. The van der Waals surface area contributed by atoms with Gasteiger partial charge in [-0.15, -0.1) is 0 Å². The van der Waals surface area contributed by atoms with Crippen molar-refractivity contribution in [1.29, 1.82) is 0 Å². The molecule has 3 aliphatic heterocycles. The molecule has 1 aromatic rings. The third kappa shape index (κ3) is 4.10. The summed E-state index contributed by atoms with van der Waals surface area (Å²) in [5, 5.41) is 2.96. The zero-order chi connectivity index (χ0) is 21.6. The average molecular weight is 417 g/mol. The Bertz CT molecular complexity index is 895. The fourth-order valence-corrected chi connectivity index (χ4v) is 4.84. The van der Waals surface area contributed by atoms with E-state index in [4.69, 9.17) is 4.74 Å². The molecular formula is C22H32N4O4. The zero-order valence-corrected chi connectivity index (χ0v) is 18.3. The van der Waals surface area contributed by atoms with Crippen LogP contribution in [0.1, 0.15) is 64.5 Å². The van der Waals surface area contributed by atoms with Gasteiger partial charge in [0.15, 0.2) is 0 Å². The highest BCUT2D eigenvalue weighted by Gasteiger charge is 2.40. The maximum absolute atomic E-state index is 12.6. The van der Waals surface area contributed by atoms with Gasteiger partial charge in [0.1, 0.15) is 11.4 Å². The summed E-state index contributed by atoms with van der Waals surface area (Å²) in [5.74, 6) is 1.05. The van der Waals surface area contributed by atoms with E-state index in [1.165, 1.54) is 0 Å². The number of pyridine rings is 1.